The fourth-order valence-corrected chi connectivity index (χ4v) is 2.67. The molecule has 0 saturated carbocycles. The van der Waals surface area contributed by atoms with Crippen LogP contribution in [-0.4, -0.2) is 14.8 Å². The molecular weight excluding hydrogens is 244 g/mol. The summed E-state index contributed by atoms with van der Waals surface area (Å²) in [6.45, 7) is 2.84. The van der Waals surface area contributed by atoms with Crippen LogP contribution in [0.15, 0.2) is 29.1 Å². The van der Waals surface area contributed by atoms with Gasteiger partial charge in [-0.05, 0) is 35.4 Å². The molecular formula is C13H14N4S. The molecule has 0 aliphatic carbocycles. The highest BCUT2D eigenvalue weighted by atomic mass is 32.1. The van der Waals surface area contributed by atoms with Gasteiger partial charge in [-0.15, -0.1) is 0 Å². The lowest BCUT2D eigenvalue weighted by Gasteiger charge is -2.04. The lowest BCUT2D eigenvalue weighted by atomic mass is 10.2. The van der Waals surface area contributed by atoms with Crippen LogP contribution in [0.4, 0.5) is 5.69 Å². The zero-order valence-electron chi connectivity index (χ0n) is 10.3. The molecule has 0 aliphatic rings. The Balaban J connectivity index is 1.87. The van der Waals surface area contributed by atoms with E-state index in [1.165, 1.54) is 5.56 Å². The van der Waals surface area contributed by atoms with E-state index in [1.807, 2.05) is 24.9 Å². The lowest BCUT2D eigenvalue weighted by molar-refractivity contribution is 0.774. The van der Waals surface area contributed by atoms with E-state index in [2.05, 4.69) is 38.3 Å². The molecule has 0 fully saturated rings. The third kappa shape index (κ3) is 1.97. The summed E-state index contributed by atoms with van der Waals surface area (Å²) >= 11 is 1.71. The summed E-state index contributed by atoms with van der Waals surface area (Å²) in [5.41, 5.74) is 4.26. The van der Waals surface area contributed by atoms with Gasteiger partial charge in [-0.1, -0.05) is 0 Å². The molecule has 3 rings (SSSR count). The van der Waals surface area contributed by atoms with E-state index in [0.717, 1.165) is 29.0 Å². The van der Waals surface area contributed by atoms with Gasteiger partial charge in [0.05, 0.1) is 17.6 Å². The van der Waals surface area contributed by atoms with Gasteiger partial charge in [0.2, 0.25) is 0 Å². The minimum Gasteiger partial charge on any atom is -0.380 e. The smallest absolute Gasteiger partial charge is 0.157 e. The summed E-state index contributed by atoms with van der Waals surface area (Å²) in [6, 6.07) is 4.23. The molecule has 0 saturated heterocycles. The molecule has 0 bridgehead atoms. The van der Waals surface area contributed by atoms with Gasteiger partial charge < -0.3 is 5.32 Å². The maximum Gasteiger partial charge on any atom is 0.157 e. The first-order valence-electron chi connectivity index (χ1n) is 5.78. The minimum atomic E-state index is 0.829. The number of nitrogens with zero attached hydrogens (tertiary/aromatic N) is 3. The van der Waals surface area contributed by atoms with Gasteiger partial charge in [-0.3, -0.25) is 4.68 Å². The molecule has 18 heavy (non-hydrogen) atoms. The third-order valence-electron chi connectivity index (χ3n) is 2.94. The molecule has 0 aromatic carbocycles. The van der Waals surface area contributed by atoms with Crippen molar-refractivity contribution < 1.29 is 0 Å². The van der Waals surface area contributed by atoms with Crippen LogP contribution in [-0.2, 0) is 13.6 Å². The number of hydrogen-bond donors (Lipinski definition) is 1. The second kappa shape index (κ2) is 4.42. The molecule has 4 nitrogen and oxygen atoms in total. The molecule has 0 atom stereocenters. The minimum absolute atomic E-state index is 0.829. The second-order valence-electron chi connectivity index (χ2n) is 4.29. The van der Waals surface area contributed by atoms with Gasteiger partial charge >= 0.3 is 0 Å². The van der Waals surface area contributed by atoms with Crippen molar-refractivity contribution >= 4 is 28.1 Å². The quantitative estimate of drug-likeness (QED) is 0.785. The number of nitrogens with one attached hydrogen (secondary N) is 1. The number of thiophene rings is 1. The fourth-order valence-electron chi connectivity index (χ4n) is 2.00. The molecule has 5 heteroatoms. The van der Waals surface area contributed by atoms with Crippen molar-refractivity contribution in [2.24, 2.45) is 7.05 Å². The van der Waals surface area contributed by atoms with Gasteiger partial charge in [0.1, 0.15) is 0 Å². The first-order chi connectivity index (χ1) is 8.74. The number of anilines is 1. The van der Waals surface area contributed by atoms with E-state index in [4.69, 9.17) is 0 Å². The molecule has 1 N–H and O–H groups in total. The Hall–Kier alpha value is -1.88. The van der Waals surface area contributed by atoms with E-state index in [-0.39, 0.29) is 0 Å². The standard InChI is InChI=1S/C13H14N4S/c1-9-12-5-11(7-15-13(12)17(2)16-9)14-6-10-3-4-18-8-10/h3-5,7-8,14H,6H2,1-2H3. The van der Waals surface area contributed by atoms with Crippen LogP contribution in [0, 0.1) is 6.92 Å². The monoisotopic (exact) mass is 258 g/mol. The normalized spacial score (nSPS) is 11.0. The van der Waals surface area contributed by atoms with E-state index >= 15 is 0 Å². The van der Waals surface area contributed by atoms with Gasteiger partial charge in [0.25, 0.3) is 0 Å². The summed E-state index contributed by atoms with van der Waals surface area (Å²) in [5, 5.41) is 13.1. The molecule has 92 valence electrons. The highest BCUT2D eigenvalue weighted by Gasteiger charge is 2.06. The van der Waals surface area contributed by atoms with E-state index in [0.29, 0.717) is 0 Å². The molecule has 3 heterocycles. The van der Waals surface area contributed by atoms with Gasteiger partial charge in [0, 0.05) is 19.0 Å². The second-order valence-corrected chi connectivity index (χ2v) is 5.07. The van der Waals surface area contributed by atoms with Crippen LogP contribution in [0.25, 0.3) is 11.0 Å². The van der Waals surface area contributed by atoms with Crippen molar-refractivity contribution in [2.45, 2.75) is 13.5 Å². The molecule has 0 unspecified atom stereocenters. The predicted molar refractivity (Wildman–Crippen MR) is 74.9 cm³/mol. The third-order valence-corrected chi connectivity index (χ3v) is 3.67. The van der Waals surface area contributed by atoms with Crippen LogP contribution in [0.1, 0.15) is 11.3 Å². The lowest BCUT2D eigenvalue weighted by Crippen LogP contribution is -1.99. The Kier molecular flexibility index (Phi) is 2.76. The summed E-state index contributed by atoms with van der Waals surface area (Å²) < 4.78 is 1.81. The number of aryl methyl sites for hydroxylation is 2. The summed E-state index contributed by atoms with van der Waals surface area (Å²) in [5.74, 6) is 0. The molecule has 3 aromatic heterocycles. The van der Waals surface area contributed by atoms with Crippen molar-refractivity contribution in [1.29, 1.82) is 0 Å². The van der Waals surface area contributed by atoms with Gasteiger partial charge in [-0.2, -0.15) is 16.4 Å². The van der Waals surface area contributed by atoms with Crippen molar-refractivity contribution in [3.8, 4) is 0 Å². The Morgan fingerprint density at radius 2 is 2.33 bits per heavy atom. The SMILES string of the molecule is Cc1nn(C)c2ncc(NCc3ccsc3)cc12. The van der Waals surface area contributed by atoms with Crippen LogP contribution >= 0.6 is 11.3 Å². The van der Waals surface area contributed by atoms with Crippen molar-refractivity contribution in [2.75, 3.05) is 5.32 Å². The van der Waals surface area contributed by atoms with Crippen LogP contribution in [0.3, 0.4) is 0 Å². The zero-order valence-corrected chi connectivity index (χ0v) is 11.2. The van der Waals surface area contributed by atoms with Crippen LogP contribution in [0.5, 0.6) is 0 Å². The summed E-state index contributed by atoms with van der Waals surface area (Å²) in [4.78, 5) is 4.44. The van der Waals surface area contributed by atoms with Gasteiger partial charge in [-0.25, -0.2) is 4.98 Å². The molecule has 3 aromatic rings. The van der Waals surface area contributed by atoms with E-state index in [1.54, 1.807) is 11.3 Å². The Morgan fingerprint density at radius 1 is 1.44 bits per heavy atom. The number of hydrogen-bond acceptors (Lipinski definition) is 4. The summed E-state index contributed by atoms with van der Waals surface area (Å²) in [6.07, 6.45) is 1.86. The predicted octanol–water partition coefficient (Wildman–Crippen LogP) is 2.95. The largest absolute Gasteiger partial charge is 0.380 e. The van der Waals surface area contributed by atoms with Crippen molar-refractivity contribution in [1.82, 2.24) is 14.8 Å². The van der Waals surface area contributed by atoms with Crippen LogP contribution < -0.4 is 5.32 Å². The van der Waals surface area contributed by atoms with Crippen molar-refractivity contribution in [3.63, 3.8) is 0 Å². The van der Waals surface area contributed by atoms with E-state index in [9.17, 15) is 0 Å². The summed E-state index contributed by atoms with van der Waals surface area (Å²) in [7, 11) is 1.92. The topological polar surface area (TPSA) is 42.7 Å². The first kappa shape index (κ1) is 11.2. The highest BCUT2D eigenvalue weighted by molar-refractivity contribution is 7.07. The fraction of sp³-hybridized carbons (Fsp3) is 0.231. The molecule has 0 radical (unpaired) electrons. The Labute approximate surface area is 109 Å². The maximum atomic E-state index is 4.44. The molecule has 0 aliphatic heterocycles. The van der Waals surface area contributed by atoms with E-state index < -0.39 is 0 Å². The zero-order chi connectivity index (χ0) is 12.5. The van der Waals surface area contributed by atoms with Crippen molar-refractivity contribution in [3.05, 3.63) is 40.3 Å². The average Bonchev–Trinajstić information content (AvgIpc) is 2.97. The number of aromatic nitrogens is 3. The number of rotatable bonds is 3. The molecule has 0 amide bonds. The molecule has 0 spiro atoms. The first-order valence-corrected chi connectivity index (χ1v) is 6.72. The number of pyridine rings is 1. The Bertz CT molecular complexity index is 670. The highest BCUT2D eigenvalue weighted by Crippen LogP contribution is 2.19. The number of fused-ring (bicyclic) bond motifs is 1. The Morgan fingerprint density at radius 3 is 3.11 bits per heavy atom. The maximum absolute atomic E-state index is 4.44. The van der Waals surface area contributed by atoms with Gasteiger partial charge in [0.15, 0.2) is 5.65 Å². The van der Waals surface area contributed by atoms with Crippen LogP contribution in [0.2, 0.25) is 0 Å². The average molecular weight is 258 g/mol.